The van der Waals surface area contributed by atoms with Gasteiger partial charge >= 0.3 is 0 Å². The van der Waals surface area contributed by atoms with Gasteiger partial charge in [0.15, 0.2) is 0 Å². The average Bonchev–Trinajstić information content (AvgIpc) is 2.78. The molecular weight excluding hydrogens is 198 g/mol. The van der Waals surface area contributed by atoms with Gasteiger partial charge in [0.2, 0.25) is 0 Å². The molecule has 0 saturated carbocycles. The van der Waals surface area contributed by atoms with Crippen molar-refractivity contribution in [3.05, 3.63) is 35.4 Å². The molecule has 1 heterocycles. The fourth-order valence-electron chi connectivity index (χ4n) is 2.17. The van der Waals surface area contributed by atoms with Crippen LogP contribution in [0.4, 0.5) is 0 Å². The lowest BCUT2D eigenvalue weighted by Crippen LogP contribution is -2.28. The number of nitrogens with one attached hydrogen (secondary N) is 1. The molecule has 0 radical (unpaired) electrons. The van der Waals surface area contributed by atoms with Gasteiger partial charge in [-0.1, -0.05) is 29.8 Å². The molecule has 1 aliphatic rings. The summed E-state index contributed by atoms with van der Waals surface area (Å²) in [5.41, 5.74) is 2.68. The van der Waals surface area contributed by atoms with E-state index in [9.17, 15) is 0 Å². The molecule has 0 amide bonds. The third kappa shape index (κ3) is 3.06. The predicted octanol–water partition coefficient (Wildman–Crippen LogP) is 2.82. The molecule has 2 nitrogen and oxygen atoms in total. The molecule has 88 valence electrons. The van der Waals surface area contributed by atoms with E-state index in [1.807, 2.05) is 0 Å². The van der Waals surface area contributed by atoms with Gasteiger partial charge in [-0.2, -0.15) is 0 Å². The summed E-state index contributed by atoms with van der Waals surface area (Å²) >= 11 is 0. The Labute approximate surface area is 98.0 Å². The number of hydrogen-bond donors (Lipinski definition) is 1. The molecular formula is C14H21NO. The highest BCUT2D eigenvalue weighted by atomic mass is 16.5. The van der Waals surface area contributed by atoms with Crippen molar-refractivity contribution in [1.82, 2.24) is 5.32 Å². The van der Waals surface area contributed by atoms with Gasteiger partial charge in [-0.05, 0) is 32.3 Å². The number of hydrogen-bond acceptors (Lipinski definition) is 2. The minimum atomic E-state index is 0.407. The molecule has 1 aliphatic heterocycles. The van der Waals surface area contributed by atoms with Gasteiger partial charge in [-0.3, -0.25) is 0 Å². The Morgan fingerprint density at radius 1 is 1.50 bits per heavy atom. The highest BCUT2D eigenvalue weighted by Gasteiger charge is 2.16. The molecule has 0 bridgehead atoms. The highest BCUT2D eigenvalue weighted by Crippen LogP contribution is 2.16. The third-order valence-electron chi connectivity index (χ3n) is 3.22. The Morgan fingerprint density at radius 3 is 3.06 bits per heavy atom. The van der Waals surface area contributed by atoms with E-state index in [4.69, 9.17) is 4.74 Å². The second-order valence-corrected chi connectivity index (χ2v) is 4.68. The zero-order valence-electron chi connectivity index (χ0n) is 10.2. The summed E-state index contributed by atoms with van der Waals surface area (Å²) in [5.74, 6) is 0. The molecule has 0 spiro atoms. The molecule has 1 saturated heterocycles. The van der Waals surface area contributed by atoms with E-state index in [1.54, 1.807) is 0 Å². The lowest BCUT2D eigenvalue weighted by atomic mass is 10.1. The summed E-state index contributed by atoms with van der Waals surface area (Å²) in [5, 5.41) is 3.54. The Bertz CT molecular complexity index is 331. The van der Waals surface area contributed by atoms with Gasteiger partial charge in [0, 0.05) is 19.2 Å². The molecule has 2 heteroatoms. The van der Waals surface area contributed by atoms with Crippen LogP contribution < -0.4 is 5.32 Å². The van der Waals surface area contributed by atoms with Crippen molar-refractivity contribution in [1.29, 1.82) is 0 Å². The van der Waals surface area contributed by atoms with Gasteiger partial charge in [0.05, 0.1) is 6.10 Å². The third-order valence-corrected chi connectivity index (χ3v) is 3.22. The number of rotatable bonds is 4. The van der Waals surface area contributed by atoms with Gasteiger partial charge in [-0.15, -0.1) is 0 Å². The van der Waals surface area contributed by atoms with Crippen LogP contribution in [0.5, 0.6) is 0 Å². The topological polar surface area (TPSA) is 21.3 Å². The Hall–Kier alpha value is -0.860. The number of benzene rings is 1. The number of ether oxygens (including phenoxy) is 1. The maximum atomic E-state index is 5.60. The fourth-order valence-corrected chi connectivity index (χ4v) is 2.17. The van der Waals surface area contributed by atoms with Crippen LogP contribution in [0.15, 0.2) is 24.3 Å². The average molecular weight is 219 g/mol. The monoisotopic (exact) mass is 219 g/mol. The number of aryl methyl sites for hydroxylation is 1. The molecule has 0 aliphatic carbocycles. The van der Waals surface area contributed by atoms with Crippen LogP contribution in [0, 0.1) is 6.92 Å². The summed E-state index contributed by atoms with van der Waals surface area (Å²) in [6, 6.07) is 9.09. The van der Waals surface area contributed by atoms with Gasteiger partial charge < -0.3 is 10.1 Å². The summed E-state index contributed by atoms with van der Waals surface area (Å²) in [6.45, 7) is 6.25. The largest absolute Gasteiger partial charge is 0.377 e. The van der Waals surface area contributed by atoms with Crippen LogP contribution in [-0.4, -0.2) is 19.3 Å². The molecule has 2 atom stereocenters. The van der Waals surface area contributed by atoms with E-state index >= 15 is 0 Å². The maximum Gasteiger partial charge on any atom is 0.0700 e. The molecule has 16 heavy (non-hydrogen) atoms. The van der Waals surface area contributed by atoms with E-state index in [2.05, 4.69) is 43.4 Å². The quantitative estimate of drug-likeness (QED) is 0.840. The fraction of sp³-hybridized carbons (Fsp3) is 0.571. The van der Waals surface area contributed by atoms with E-state index in [0.717, 1.165) is 13.2 Å². The standard InChI is InChI=1S/C14H21NO/c1-11-5-3-6-13(9-11)12(2)15-10-14-7-4-8-16-14/h3,5-6,9,12,14-15H,4,7-8,10H2,1-2H3/t12-,14?/m1/s1. The van der Waals surface area contributed by atoms with Crippen molar-refractivity contribution < 1.29 is 4.74 Å². The zero-order chi connectivity index (χ0) is 11.4. The highest BCUT2D eigenvalue weighted by molar-refractivity contribution is 5.24. The van der Waals surface area contributed by atoms with Crippen LogP contribution in [-0.2, 0) is 4.74 Å². The Balaban J connectivity index is 1.85. The Morgan fingerprint density at radius 2 is 2.38 bits per heavy atom. The first-order valence-corrected chi connectivity index (χ1v) is 6.17. The van der Waals surface area contributed by atoms with Crippen LogP contribution in [0.1, 0.15) is 36.9 Å². The smallest absolute Gasteiger partial charge is 0.0700 e. The molecule has 1 fully saturated rings. The van der Waals surface area contributed by atoms with Gasteiger partial charge in [0.1, 0.15) is 0 Å². The molecule has 1 aromatic carbocycles. The van der Waals surface area contributed by atoms with E-state index in [-0.39, 0.29) is 0 Å². The molecule has 1 aromatic rings. The van der Waals surface area contributed by atoms with Crippen LogP contribution in [0.3, 0.4) is 0 Å². The summed E-state index contributed by atoms with van der Waals surface area (Å²) < 4.78 is 5.60. The molecule has 1 unspecified atom stereocenters. The first-order valence-electron chi connectivity index (χ1n) is 6.17. The molecule has 2 rings (SSSR count). The summed E-state index contributed by atoms with van der Waals surface area (Å²) in [6.07, 6.45) is 2.84. The van der Waals surface area contributed by atoms with Crippen LogP contribution in [0.2, 0.25) is 0 Å². The van der Waals surface area contributed by atoms with Crippen LogP contribution >= 0.6 is 0 Å². The first-order chi connectivity index (χ1) is 7.75. The lowest BCUT2D eigenvalue weighted by molar-refractivity contribution is 0.108. The van der Waals surface area contributed by atoms with Crippen molar-refractivity contribution in [2.24, 2.45) is 0 Å². The molecule has 1 N–H and O–H groups in total. The van der Waals surface area contributed by atoms with Crippen molar-refractivity contribution in [3.8, 4) is 0 Å². The minimum Gasteiger partial charge on any atom is -0.377 e. The van der Waals surface area contributed by atoms with Crippen molar-refractivity contribution in [2.75, 3.05) is 13.2 Å². The first kappa shape index (κ1) is 11.6. The summed E-state index contributed by atoms with van der Waals surface area (Å²) in [4.78, 5) is 0. The molecule has 0 aromatic heterocycles. The van der Waals surface area contributed by atoms with E-state index in [0.29, 0.717) is 12.1 Å². The SMILES string of the molecule is Cc1cccc([C@@H](C)NCC2CCCO2)c1. The normalized spacial score (nSPS) is 22.2. The second-order valence-electron chi connectivity index (χ2n) is 4.68. The second kappa shape index (κ2) is 5.46. The van der Waals surface area contributed by atoms with Crippen molar-refractivity contribution in [2.45, 2.75) is 38.8 Å². The van der Waals surface area contributed by atoms with E-state index in [1.165, 1.54) is 24.0 Å². The van der Waals surface area contributed by atoms with Gasteiger partial charge in [-0.25, -0.2) is 0 Å². The van der Waals surface area contributed by atoms with E-state index < -0.39 is 0 Å². The summed E-state index contributed by atoms with van der Waals surface area (Å²) in [7, 11) is 0. The lowest BCUT2D eigenvalue weighted by Gasteiger charge is -2.17. The zero-order valence-corrected chi connectivity index (χ0v) is 10.2. The Kier molecular flexibility index (Phi) is 3.97. The minimum absolute atomic E-state index is 0.407. The van der Waals surface area contributed by atoms with Crippen LogP contribution in [0.25, 0.3) is 0 Å². The van der Waals surface area contributed by atoms with Gasteiger partial charge in [0.25, 0.3) is 0 Å². The maximum absolute atomic E-state index is 5.60. The van der Waals surface area contributed by atoms with Crippen molar-refractivity contribution in [3.63, 3.8) is 0 Å². The van der Waals surface area contributed by atoms with Crippen molar-refractivity contribution >= 4 is 0 Å². The predicted molar refractivity (Wildman–Crippen MR) is 66.6 cm³/mol.